The Labute approximate surface area is 173 Å². The zero-order valence-electron chi connectivity index (χ0n) is 15.2. The van der Waals surface area contributed by atoms with E-state index in [9.17, 15) is 9.18 Å². The Balaban J connectivity index is 1.67. The van der Waals surface area contributed by atoms with Crippen LogP contribution in [0.2, 0.25) is 5.02 Å². The Morgan fingerprint density at radius 2 is 1.89 bits per heavy atom. The third kappa shape index (κ3) is 4.99. The molecule has 0 spiro atoms. The Kier molecular flexibility index (Phi) is 7.09. The molecule has 1 heterocycles. The van der Waals surface area contributed by atoms with Crippen LogP contribution in [-0.4, -0.2) is 43.0 Å². The maximum Gasteiger partial charge on any atom is 0.251 e. The van der Waals surface area contributed by atoms with E-state index >= 15 is 0 Å². The number of nitrogens with one attached hydrogen (secondary N) is 1. The van der Waals surface area contributed by atoms with Crippen LogP contribution in [0.5, 0.6) is 0 Å². The van der Waals surface area contributed by atoms with E-state index < -0.39 is 0 Å². The lowest BCUT2D eigenvalue weighted by Crippen LogP contribution is -2.35. The lowest BCUT2D eigenvalue weighted by Gasteiger charge is -2.26. The molecule has 0 aliphatic carbocycles. The minimum atomic E-state index is -0.369. The second-order valence-corrected chi connectivity index (χ2v) is 9.65. The van der Waals surface area contributed by atoms with Crippen molar-refractivity contribution in [3.8, 4) is 0 Å². The van der Waals surface area contributed by atoms with Crippen molar-refractivity contribution >= 4 is 41.0 Å². The van der Waals surface area contributed by atoms with Crippen LogP contribution in [0, 0.1) is 5.82 Å². The number of amides is 1. The molecule has 3 nitrogen and oxygen atoms in total. The van der Waals surface area contributed by atoms with Crippen molar-refractivity contribution in [2.75, 3.05) is 32.1 Å². The Morgan fingerprint density at radius 3 is 2.48 bits per heavy atom. The quantitative estimate of drug-likeness (QED) is 0.708. The van der Waals surface area contributed by atoms with Gasteiger partial charge in [0.2, 0.25) is 0 Å². The van der Waals surface area contributed by atoms with Gasteiger partial charge >= 0.3 is 0 Å². The number of hydrogen-bond acceptors (Lipinski definition) is 4. The van der Waals surface area contributed by atoms with Gasteiger partial charge in [-0.1, -0.05) is 29.8 Å². The summed E-state index contributed by atoms with van der Waals surface area (Å²) in [4.78, 5) is 14.4. The molecule has 7 heteroatoms. The molecule has 144 valence electrons. The molecule has 1 N–H and O–H groups in total. The molecule has 27 heavy (non-hydrogen) atoms. The van der Waals surface area contributed by atoms with Crippen molar-refractivity contribution in [3.05, 3.63) is 70.0 Å². The van der Waals surface area contributed by atoms with Crippen molar-refractivity contribution in [1.29, 1.82) is 0 Å². The minimum Gasteiger partial charge on any atom is -0.350 e. The van der Waals surface area contributed by atoms with Crippen molar-refractivity contribution in [2.45, 2.75) is 10.6 Å². The highest BCUT2D eigenvalue weighted by Gasteiger charge is 2.22. The summed E-state index contributed by atoms with van der Waals surface area (Å²) in [5.41, 5.74) is 2.24. The number of likely N-dealkylation sites (N-methyl/N-ethyl adjacent to an activating group) is 1. The van der Waals surface area contributed by atoms with E-state index in [1.165, 1.54) is 23.1 Å². The van der Waals surface area contributed by atoms with Crippen molar-refractivity contribution < 1.29 is 9.18 Å². The fourth-order valence-electron chi connectivity index (χ4n) is 3.01. The standard InChI is InChI=1S/C20H22ClFN2OS2/c1-24(2)17(18-15(21)4-3-5-16(18)22)12-23-19(25)13-6-8-14(9-7-13)20-26-10-11-27-20/h3-9,17,20H,10-12H2,1-2H3,(H,23,25). The molecular weight excluding hydrogens is 403 g/mol. The van der Waals surface area contributed by atoms with Gasteiger partial charge in [0.25, 0.3) is 5.91 Å². The molecule has 0 bridgehead atoms. The molecule has 1 aliphatic heterocycles. The van der Waals surface area contributed by atoms with Gasteiger partial charge in [-0.05, 0) is 43.9 Å². The highest BCUT2D eigenvalue weighted by Crippen LogP contribution is 2.45. The smallest absolute Gasteiger partial charge is 0.251 e. The first-order valence-corrected chi connectivity index (χ1v) is 11.2. The van der Waals surface area contributed by atoms with Gasteiger partial charge in [0, 0.05) is 34.2 Å². The van der Waals surface area contributed by atoms with E-state index in [1.54, 1.807) is 12.1 Å². The van der Waals surface area contributed by atoms with Gasteiger partial charge in [-0.3, -0.25) is 4.79 Å². The molecule has 1 unspecified atom stereocenters. The van der Waals surface area contributed by atoms with Crippen LogP contribution in [-0.2, 0) is 0 Å². The van der Waals surface area contributed by atoms with E-state index in [0.29, 0.717) is 20.7 Å². The van der Waals surface area contributed by atoms with Crippen molar-refractivity contribution in [3.63, 3.8) is 0 Å². The summed E-state index contributed by atoms with van der Waals surface area (Å²) in [7, 11) is 3.68. The van der Waals surface area contributed by atoms with Gasteiger partial charge < -0.3 is 10.2 Å². The first-order valence-electron chi connectivity index (χ1n) is 8.69. The summed E-state index contributed by atoms with van der Waals surface area (Å²) in [5.74, 6) is 1.79. The van der Waals surface area contributed by atoms with Crippen LogP contribution in [0.1, 0.15) is 32.1 Å². The molecule has 1 fully saturated rings. The van der Waals surface area contributed by atoms with Gasteiger partial charge in [0.05, 0.1) is 10.6 Å². The molecule has 0 radical (unpaired) electrons. The van der Waals surface area contributed by atoms with Crippen LogP contribution >= 0.6 is 35.1 Å². The normalized spacial score (nSPS) is 15.9. The first kappa shape index (κ1) is 20.5. The van der Waals surface area contributed by atoms with Gasteiger partial charge in [0.15, 0.2) is 0 Å². The lowest BCUT2D eigenvalue weighted by molar-refractivity contribution is 0.0941. The van der Waals surface area contributed by atoms with Crippen LogP contribution in [0.25, 0.3) is 0 Å². The lowest BCUT2D eigenvalue weighted by atomic mass is 10.0. The Hall–Kier alpha value is -1.21. The van der Waals surface area contributed by atoms with Crippen LogP contribution in [0.15, 0.2) is 42.5 Å². The van der Waals surface area contributed by atoms with E-state index in [1.807, 2.05) is 66.8 Å². The Bertz CT molecular complexity index is 775. The minimum absolute atomic E-state index is 0.174. The molecule has 1 saturated heterocycles. The third-order valence-electron chi connectivity index (χ3n) is 4.48. The second kappa shape index (κ2) is 9.32. The monoisotopic (exact) mass is 424 g/mol. The molecular formula is C20H22ClFN2OS2. The first-order chi connectivity index (χ1) is 13.0. The number of halogens is 2. The largest absolute Gasteiger partial charge is 0.350 e. The maximum absolute atomic E-state index is 14.3. The number of carbonyl (C=O) groups is 1. The predicted octanol–water partition coefficient (Wildman–Crippen LogP) is 4.99. The molecule has 1 amide bonds. The number of carbonyl (C=O) groups excluding carboxylic acids is 1. The SMILES string of the molecule is CN(C)C(CNC(=O)c1ccc(C2SCCS2)cc1)c1c(F)cccc1Cl. The number of benzene rings is 2. The van der Waals surface area contributed by atoms with Crippen molar-refractivity contribution in [2.24, 2.45) is 0 Å². The molecule has 3 rings (SSSR count). The summed E-state index contributed by atoms with van der Waals surface area (Å²) < 4.78 is 14.7. The molecule has 1 atom stereocenters. The molecule has 2 aromatic carbocycles. The van der Waals surface area contributed by atoms with Gasteiger partial charge in [0.1, 0.15) is 5.82 Å². The maximum atomic E-state index is 14.3. The number of hydrogen-bond donors (Lipinski definition) is 1. The van der Waals surface area contributed by atoms with E-state index in [2.05, 4.69) is 5.32 Å². The highest BCUT2D eigenvalue weighted by molar-refractivity contribution is 8.19. The van der Waals surface area contributed by atoms with Crippen LogP contribution in [0.4, 0.5) is 4.39 Å². The zero-order chi connectivity index (χ0) is 19.4. The number of nitrogens with zero attached hydrogens (tertiary/aromatic N) is 1. The summed E-state index contributed by atoms with van der Waals surface area (Å²) in [6, 6.07) is 12.0. The molecule has 2 aromatic rings. The number of rotatable bonds is 6. The third-order valence-corrected chi connectivity index (χ3v) is 7.91. The molecule has 0 saturated carbocycles. The van der Waals surface area contributed by atoms with E-state index in [4.69, 9.17) is 11.6 Å². The molecule has 1 aliphatic rings. The summed E-state index contributed by atoms with van der Waals surface area (Å²) >= 11 is 10.1. The molecule has 0 aromatic heterocycles. The summed E-state index contributed by atoms with van der Waals surface area (Å²) in [6.45, 7) is 0.266. The second-order valence-electron chi connectivity index (χ2n) is 6.52. The van der Waals surface area contributed by atoms with Gasteiger partial charge in [-0.2, -0.15) is 0 Å². The van der Waals surface area contributed by atoms with Crippen LogP contribution < -0.4 is 5.32 Å². The zero-order valence-corrected chi connectivity index (χ0v) is 17.6. The van der Waals surface area contributed by atoms with Gasteiger partial charge in [-0.15, -0.1) is 23.5 Å². The Morgan fingerprint density at radius 1 is 1.22 bits per heavy atom. The highest BCUT2D eigenvalue weighted by atomic mass is 35.5. The van der Waals surface area contributed by atoms with Crippen molar-refractivity contribution in [1.82, 2.24) is 10.2 Å². The van der Waals surface area contributed by atoms with Gasteiger partial charge in [-0.25, -0.2) is 4.39 Å². The topological polar surface area (TPSA) is 32.3 Å². The fourth-order valence-corrected chi connectivity index (χ4v) is 6.15. The average Bonchev–Trinajstić information content (AvgIpc) is 3.18. The summed E-state index contributed by atoms with van der Waals surface area (Å²) in [5, 5.41) is 3.27. The van der Waals surface area contributed by atoms with Crippen LogP contribution in [0.3, 0.4) is 0 Å². The van der Waals surface area contributed by atoms with E-state index in [0.717, 1.165) is 0 Å². The summed E-state index contributed by atoms with van der Waals surface area (Å²) in [6.07, 6.45) is 0. The fraction of sp³-hybridized carbons (Fsp3) is 0.350. The number of thioether (sulfide) groups is 2. The predicted molar refractivity (Wildman–Crippen MR) is 114 cm³/mol. The van der Waals surface area contributed by atoms with E-state index in [-0.39, 0.29) is 24.3 Å². The average molecular weight is 425 g/mol.